The molecule has 0 aliphatic carbocycles. The molecule has 8 nitrogen and oxygen atoms in total. The zero-order valence-electron chi connectivity index (χ0n) is 16.7. The molecule has 2 aromatic rings. The van der Waals surface area contributed by atoms with E-state index >= 15 is 0 Å². The number of hydrogen-bond acceptors (Lipinski definition) is 6. The number of aryl methyl sites for hydroxylation is 2. The fourth-order valence-electron chi connectivity index (χ4n) is 2.55. The normalized spacial score (nSPS) is 10.5. The quantitative estimate of drug-likeness (QED) is 0.621. The lowest BCUT2D eigenvalue weighted by molar-refractivity contribution is -0.119. The Labute approximate surface area is 174 Å². The third-order valence-corrected chi connectivity index (χ3v) is 4.39. The Kier molecular flexibility index (Phi) is 8.21. The maximum Gasteiger partial charge on any atom is 0.343 e. The number of nitrogens with zero attached hydrogens (tertiary/aromatic N) is 2. The van der Waals surface area contributed by atoms with Crippen molar-refractivity contribution < 1.29 is 23.9 Å². The van der Waals surface area contributed by atoms with Gasteiger partial charge in [-0.1, -0.05) is 24.9 Å². The lowest BCUT2D eigenvalue weighted by Gasteiger charge is -2.08. The van der Waals surface area contributed by atoms with Gasteiger partial charge in [-0.3, -0.25) is 9.48 Å². The molecule has 1 heterocycles. The molecule has 1 N–H and O–H groups in total. The first-order valence-corrected chi connectivity index (χ1v) is 9.72. The van der Waals surface area contributed by atoms with E-state index < -0.39 is 24.5 Å². The third-order valence-electron chi connectivity index (χ3n) is 4.01. The number of carbonyl (C=O) groups is 3. The summed E-state index contributed by atoms with van der Waals surface area (Å²) in [4.78, 5) is 36.0. The second-order valence-corrected chi connectivity index (χ2v) is 6.61. The SMILES string of the molecule is CCCCn1nc(C)c(C(=O)OCC(=O)Nc2ccc(C(=O)OCC)cc2)c1Cl. The highest BCUT2D eigenvalue weighted by Crippen LogP contribution is 2.21. The summed E-state index contributed by atoms with van der Waals surface area (Å²) in [7, 11) is 0. The Morgan fingerprint density at radius 3 is 2.41 bits per heavy atom. The Morgan fingerprint density at radius 1 is 1.10 bits per heavy atom. The van der Waals surface area contributed by atoms with Crippen LogP contribution in [0.25, 0.3) is 0 Å². The van der Waals surface area contributed by atoms with E-state index in [0.29, 0.717) is 23.5 Å². The highest BCUT2D eigenvalue weighted by molar-refractivity contribution is 6.32. The average Bonchev–Trinajstić information content (AvgIpc) is 2.98. The number of aromatic nitrogens is 2. The van der Waals surface area contributed by atoms with Gasteiger partial charge in [0.15, 0.2) is 6.61 Å². The molecule has 1 aromatic heterocycles. The zero-order chi connectivity index (χ0) is 21.4. The van der Waals surface area contributed by atoms with E-state index in [1.165, 1.54) is 12.1 Å². The van der Waals surface area contributed by atoms with Crippen molar-refractivity contribution >= 4 is 35.1 Å². The van der Waals surface area contributed by atoms with Crippen LogP contribution < -0.4 is 5.32 Å². The van der Waals surface area contributed by atoms with Crippen molar-refractivity contribution in [3.05, 3.63) is 46.2 Å². The standard InChI is InChI=1S/C20H24ClN3O5/c1-4-6-11-24-18(21)17(13(3)23-24)20(27)29-12-16(25)22-15-9-7-14(8-10-15)19(26)28-5-2/h7-10H,4-6,11-12H2,1-3H3,(H,22,25). The van der Waals surface area contributed by atoms with Crippen molar-refractivity contribution in [2.75, 3.05) is 18.5 Å². The van der Waals surface area contributed by atoms with Gasteiger partial charge in [0.05, 0.1) is 17.9 Å². The van der Waals surface area contributed by atoms with Crippen molar-refractivity contribution in [1.29, 1.82) is 0 Å². The number of benzene rings is 1. The van der Waals surface area contributed by atoms with Crippen molar-refractivity contribution in [3.63, 3.8) is 0 Å². The summed E-state index contributed by atoms with van der Waals surface area (Å²) in [5, 5.41) is 7.04. The summed E-state index contributed by atoms with van der Waals surface area (Å²) in [5.74, 6) is -1.66. The van der Waals surface area contributed by atoms with Crippen LogP contribution >= 0.6 is 11.6 Å². The maximum atomic E-state index is 12.3. The number of ether oxygens (including phenoxy) is 2. The molecule has 2 rings (SSSR count). The highest BCUT2D eigenvalue weighted by atomic mass is 35.5. The first-order valence-electron chi connectivity index (χ1n) is 9.34. The van der Waals surface area contributed by atoms with Gasteiger partial charge in [0.1, 0.15) is 10.7 Å². The van der Waals surface area contributed by atoms with Gasteiger partial charge in [-0.2, -0.15) is 5.10 Å². The van der Waals surface area contributed by atoms with Gasteiger partial charge < -0.3 is 14.8 Å². The van der Waals surface area contributed by atoms with Crippen LogP contribution in [-0.4, -0.2) is 40.8 Å². The van der Waals surface area contributed by atoms with Crippen molar-refractivity contribution in [2.24, 2.45) is 0 Å². The number of nitrogens with one attached hydrogen (secondary N) is 1. The molecule has 29 heavy (non-hydrogen) atoms. The van der Waals surface area contributed by atoms with Crippen LogP contribution in [0.1, 0.15) is 53.1 Å². The first-order chi connectivity index (χ1) is 13.9. The van der Waals surface area contributed by atoms with Gasteiger partial charge >= 0.3 is 11.9 Å². The zero-order valence-corrected chi connectivity index (χ0v) is 17.4. The number of rotatable bonds is 9. The topological polar surface area (TPSA) is 99.5 Å². The Balaban J connectivity index is 1.91. The predicted octanol–water partition coefficient (Wildman–Crippen LogP) is 3.62. The second-order valence-electron chi connectivity index (χ2n) is 6.25. The molecule has 0 saturated carbocycles. The number of hydrogen-bond donors (Lipinski definition) is 1. The molecule has 0 aliphatic rings. The van der Waals surface area contributed by atoms with E-state index in [9.17, 15) is 14.4 Å². The van der Waals surface area contributed by atoms with Crippen LogP contribution in [0.4, 0.5) is 5.69 Å². The summed E-state index contributed by atoms with van der Waals surface area (Å²) in [6.45, 7) is 5.83. The fraction of sp³-hybridized carbons (Fsp3) is 0.400. The summed E-state index contributed by atoms with van der Waals surface area (Å²) in [5.41, 5.74) is 1.45. The molecular formula is C20H24ClN3O5. The molecule has 0 unspecified atom stereocenters. The van der Waals surface area contributed by atoms with Gasteiger partial charge in [0.2, 0.25) is 0 Å². The van der Waals surface area contributed by atoms with Gasteiger partial charge in [0.25, 0.3) is 5.91 Å². The molecule has 0 fully saturated rings. The highest BCUT2D eigenvalue weighted by Gasteiger charge is 2.22. The predicted molar refractivity (Wildman–Crippen MR) is 108 cm³/mol. The number of unbranched alkanes of at least 4 members (excludes halogenated alkanes) is 1. The molecule has 156 valence electrons. The summed E-state index contributed by atoms with van der Waals surface area (Å²) >= 11 is 6.23. The lowest BCUT2D eigenvalue weighted by Crippen LogP contribution is -2.21. The molecule has 1 aromatic carbocycles. The number of halogens is 1. The number of anilines is 1. The van der Waals surface area contributed by atoms with Crippen LogP contribution in [0.5, 0.6) is 0 Å². The summed E-state index contributed by atoms with van der Waals surface area (Å²) < 4.78 is 11.5. The molecule has 0 saturated heterocycles. The minimum absolute atomic E-state index is 0.161. The van der Waals surface area contributed by atoms with Crippen LogP contribution in [0, 0.1) is 6.92 Å². The molecule has 0 radical (unpaired) electrons. The molecule has 0 bridgehead atoms. The molecular weight excluding hydrogens is 398 g/mol. The second kappa shape index (κ2) is 10.6. The van der Waals surface area contributed by atoms with Gasteiger partial charge in [-0.15, -0.1) is 0 Å². The van der Waals surface area contributed by atoms with E-state index in [4.69, 9.17) is 21.1 Å². The number of esters is 2. The Bertz CT molecular complexity index is 877. The van der Waals surface area contributed by atoms with Gasteiger partial charge in [-0.05, 0) is 44.5 Å². The van der Waals surface area contributed by atoms with Gasteiger partial charge in [0, 0.05) is 12.2 Å². The Morgan fingerprint density at radius 2 is 1.79 bits per heavy atom. The van der Waals surface area contributed by atoms with E-state index in [0.717, 1.165) is 12.8 Å². The molecule has 0 spiro atoms. The Hall–Kier alpha value is -2.87. The monoisotopic (exact) mass is 421 g/mol. The van der Waals surface area contributed by atoms with Gasteiger partial charge in [-0.25, -0.2) is 9.59 Å². The largest absolute Gasteiger partial charge is 0.462 e. The number of amides is 1. The van der Waals surface area contributed by atoms with E-state index in [2.05, 4.69) is 10.4 Å². The van der Waals surface area contributed by atoms with Crippen LogP contribution in [0.2, 0.25) is 5.15 Å². The van der Waals surface area contributed by atoms with Crippen molar-refractivity contribution in [1.82, 2.24) is 9.78 Å². The van der Waals surface area contributed by atoms with E-state index in [-0.39, 0.29) is 17.3 Å². The smallest absolute Gasteiger partial charge is 0.343 e. The van der Waals surface area contributed by atoms with Crippen LogP contribution in [0.3, 0.4) is 0 Å². The fourth-order valence-corrected chi connectivity index (χ4v) is 2.88. The molecule has 0 atom stereocenters. The lowest BCUT2D eigenvalue weighted by atomic mass is 10.2. The van der Waals surface area contributed by atoms with Crippen LogP contribution in [0.15, 0.2) is 24.3 Å². The van der Waals surface area contributed by atoms with E-state index in [1.807, 2.05) is 6.92 Å². The summed E-state index contributed by atoms with van der Waals surface area (Å²) in [6, 6.07) is 6.19. The van der Waals surface area contributed by atoms with E-state index in [1.54, 1.807) is 30.7 Å². The minimum Gasteiger partial charge on any atom is -0.462 e. The summed E-state index contributed by atoms with van der Waals surface area (Å²) in [6.07, 6.45) is 1.85. The molecule has 0 aliphatic heterocycles. The molecule has 9 heteroatoms. The molecule has 1 amide bonds. The maximum absolute atomic E-state index is 12.3. The minimum atomic E-state index is -0.706. The van der Waals surface area contributed by atoms with Crippen LogP contribution in [-0.2, 0) is 20.8 Å². The number of carbonyl (C=O) groups excluding carboxylic acids is 3. The third kappa shape index (κ3) is 6.05. The average molecular weight is 422 g/mol. The van der Waals surface area contributed by atoms with Crippen molar-refractivity contribution in [2.45, 2.75) is 40.2 Å². The first kappa shape index (κ1) is 22.4. The van der Waals surface area contributed by atoms with Crippen molar-refractivity contribution in [3.8, 4) is 0 Å².